The zero-order chi connectivity index (χ0) is 18.6. The summed E-state index contributed by atoms with van der Waals surface area (Å²) < 4.78 is 10.6. The van der Waals surface area contributed by atoms with Gasteiger partial charge in [0, 0.05) is 6.42 Å². The Hall–Kier alpha value is -2.34. The fraction of sp³-hybridized carbons (Fsp3) is 0.474. The molecule has 0 aromatic heterocycles. The first kappa shape index (κ1) is 19.0. The summed E-state index contributed by atoms with van der Waals surface area (Å²) in [5, 5.41) is 9.84. The van der Waals surface area contributed by atoms with Gasteiger partial charge in [-0.2, -0.15) is 0 Å². The van der Waals surface area contributed by atoms with Gasteiger partial charge in [-0.1, -0.05) is 36.9 Å². The number of hydrogen-bond acceptors (Lipinski definition) is 5. The lowest BCUT2D eigenvalue weighted by molar-refractivity contribution is -0.150. The van der Waals surface area contributed by atoms with Gasteiger partial charge in [0.2, 0.25) is 0 Å². The highest BCUT2D eigenvalue weighted by molar-refractivity contribution is 5.82. The molecular weight excluding hydrogens is 322 g/mol. The van der Waals surface area contributed by atoms with Crippen LogP contribution in [0, 0.1) is 0 Å². The molecule has 1 N–H and O–H groups in total. The van der Waals surface area contributed by atoms with Gasteiger partial charge in [-0.05, 0) is 31.9 Å². The first-order valence-electron chi connectivity index (χ1n) is 8.25. The molecule has 1 saturated heterocycles. The lowest BCUT2D eigenvalue weighted by atomic mass is 10.1. The quantitative estimate of drug-likeness (QED) is 0.848. The van der Waals surface area contributed by atoms with Crippen LogP contribution in [0.5, 0.6) is 0 Å². The van der Waals surface area contributed by atoms with Gasteiger partial charge in [0.1, 0.15) is 18.2 Å². The molecule has 1 aliphatic rings. The molecule has 6 nitrogen and oxygen atoms in total. The number of carbonyl (C=O) groups is 2. The van der Waals surface area contributed by atoms with E-state index in [9.17, 15) is 14.7 Å². The predicted molar refractivity (Wildman–Crippen MR) is 93.7 cm³/mol. The van der Waals surface area contributed by atoms with Crippen LogP contribution in [-0.2, 0) is 20.9 Å². The highest BCUT2D eigenvalue weighted by atomic mass is 16.6. The first-order chi connectivity index (χ1) is 11.7. The summed E-state index contributed by atoms with van der Waals surface area (Å²) in [4.78, 5) is 25.8. The number of ether oxygens (including phenoxy) is 2. The Labute approximate surface area is 148 Å². The maximum absolute atomic E-state index is 12.4. The van der Waals surface area contributed by atoms with Crippen LogP contribution >= 0.6 is 0 Å². The zero-order valence-electron chi connectivity index (χ0n) is 14.9. The van der Waals surface area contributed by atoms with Crippen molar-refractivity contribution in [1.29, 1.82) is 0 Å². The van der Waals surface area contributed by atoms with Gasteiger partial charge in [-0.25, -0.2) is 9.59 Å². The summed E-state index contributed by atoms with van der Waals surface area (Å²) in [7, 11) is 0. The third-order valence-corrected chi connectivity index (χ3v) is 3.78. The third-order valence-electron chi connectivity index (χ3n) is 3.78. The van der Waals surface area contributed by atoms with E-state index in [-0.39, 0.29) is 19.6 Å². The van der Waals surface area contributed by atoms with Gasteiger partial charge in [-0.3, -0.25) is 4.90 Å². The molecule has 1 aromatic carbocycles. The van der Waals surface area contributed by atoms with Crippen LogP contribution in [0.15, 0.2) is 30.8 Å². The number of hydrogen-bond donors (Lipinski definition) is 1. The monoisotopic (exact) mass is 347 g/mol. The van der Waals surface area contributed by atoms with E-state index in [1.807, 2.05) is 24.3 Å². The predicted octanol–water partition coefficient (Wildman–Crippen LogP) is 2.74. The molecule has 0 saturated carbocycles. The van der Waals surface area contributed by atoms with Crippen molar-refractivity contribution in [2.75, 3.05) is 6.54 Å². The molecule has 136 valence electrons. The summed E-state index contributed by atoms with van der Waals surface area (Å²) >= 11 is 0. The van der Waals surface area contributed by atoms with Crippen molar-refractivity contribution in [3.8, 4) is 0 Å². The van der Waals surface area contributed by atoms with E-state index in [1.165, 1.54) is 4.90 Å². The molecule has 1 amide bonds. The molecular formula is C19H25NO5. The van der Waals surface area contributed by atoms with Gasteiger partial charge < -0.3 is 14.6 Å². The number of esters is 1. The standard InChI is InChI=1S/C19H25NO5/c1-5-13-6-8-14(9-7-13)12-24-17(22)16-10-15(21)11-20(16)18(23)25-19(2,3)4/h5-9,15-16,21H,1,10-12H2,2-4H3/t15-,16-/m1/s1. The van der Waals surface area contributed by atoms with Crippen molar-refractivity contribution >= 4 is 18.1 Å². The maximum Gasteiger partial charge on any atom is 0.411 e. The van der Waals surface area contributed by atoms with Crippen molar-refractivity contribution < 1.29 is 24.2 Å². The smallest absolute Gasteiger partial charge is 0.411 e. The lowest BCUT2D eigenvalue weighted by Crippen LogP contribution is -2.44. The van der Waals surface area contributed by atoms with Crippen molar-refractivity contribution in [2.45, 2.75) is 51.5 Å². The van der Waals surface area contributed by atoms with E-state index < -0.39 is 29.8 Å². The molecule has 25 heavy (non-hydrogen) atoms. The van der Waals surface area contributed by atoms with E-state index in [4.69, 9.17) is 9.47 Å². The fourth-order valence-electron chi connectivity index (χ4n) is 2.56. The van der Waals surface area contributed by atoms with E-state index in [0.29, 0.717) is 0 Å². The third kappa shape index (κ3) is 5.32. The second-order valence-electron chi connectivity index (χ2n) is 7.09. The largest absolute Gasteiger partial charge is 0.459 e. The zero-order valence-corrected chi connectivity index (χ0v) is 14.9. The normalized spacial score (nSPS) is 20.2. The van der Waals surface area contributed by atoms with E-state index in [1.54, 1.807) is 26.8 Å². The van der Waals surface area contributed by atoms with Gasteiger partial charge in [0.05, 0.1) is 12.6 Å². The van der Waals surface area contributed by atoms with Gasteiger partial charge in [-0.15, -0.1) is 0 Å². The van der Waals surface area contributed by atoms with Crippen molar-refractivity contribution in [3.05, 3.63) is 42.0 Å². The Kier molecular flexibility index (Phi) is 5.85. The van der Waals surface area contributed by atoms with Gasteiger partial charge in [0.15, 0.2) is 0 Å². The number of nitrogens with zero attached hydrogens (tertiary/aromatic N) is 1. The van der Waals surface area contributed by atoms with Crippen molar-refractivity contribution in [1.82, 2.24) is 4.90 Å². The summed E-state index contributed by atoms with van der Waals surface area (Å²) in [6, 6.07) is 6.61. The molecule has 1 fully saturated rings. The summed E-state index contributed by atoms with van der Waals surface area (Å²) in [5.74, 6) is -0.546. The molecule has 0 spiro atoms. The van der Waals surface area contributed by atoms with Crippen LogP contribution in [0.3, 0.4) is 0 Å². The minimum Gasteiger partial charge on any atom is -0.459 e. The lowest BCUT2D eigenvalue weighted by Gasteiger charge is -2.27. The van der Waals surface area contributed by atoms with Crippen molar-refractivity contribution in [2.24, 2.45) is 0 Å². The second kappa shape index (κ2) is 7.70. The van der Waals surface area contributed by atoms with Crippen molar-refractivity contribution in [3.63, 3.8) is 0 Å². The highest BCUT2D eigenvalue weighted by Crippen LogP contribution is 2.22. The Morgan fingerprint density at radius 2 is 1.96 bits per heavy atom. The molecule has 1 heterocycles. The van der Waals surface area contributed by atoms with Crippen LogP contribution in [-0.4, -0.2) is 46.4 Å². The molecule has 0 aliphatic carbocycles. The number of likely N-dealkylation sites (tertiary alicyclic amines) is 1. The number of β-amino-alcohol motifs (C(OH)–C–C–N with tert-alkyl or cyclic N) is 1. The van der Waals surface area contributed by atoms with Crippen LogP contribution < -0.4 is 0 Å². The number of aliphatic hydroxyl groups is 1. The highest BCUT2D eigenvalue weighted by Gasteiger charge is 2.41. The number of amides is 1. The minimum atomic E-state index is -0.836. The molecule has 1 aromatic rings. The number of aliphatic hydroxyl groups excluding tert-OH is 1. The van der Waals surface area contributed by atoms with E-state index in [0.717, 1.165) is 11.1 Å². The molecule has 0 unspecified atom stereocenters. The Bertz CT molecular complexity index is 632. The summed E-state index contributed by atoms with van der Waals surface area (Å²) in [6.07, 6.45) is 0.486. The summed E-state index contributed by atoms with van der Waals surface area (Å²) in [6.45, 7) is 9.09. The fourth-order valence-corrected chi connectivity index (χ4v) is 2.56. The Balaban J connectivity index is 1.97. The average Bonchev–Trinajstić information content (AvgIpc) is 2.93. The van der Waals surface area contributed by atoms with Crippen LogP contribution in [0.1, 0.15) is 38.3 Å². The molecule has 0 bridgehead atoms. The minimum absolute atomic E-state index is 0.0582. The molecule has 2 atom stereocenters. The summed E-state index contributed by atoms with van der Waals surface area (Å²) in [5.41, 5.74) is 1.14. The Morgan fingerprint density at radius 3 is 2.52 bits per heavy atom. The van der Waals surface area contributed by atoms with Crippen LogP contribution in [0.4, 0.5) is 4.79 Å². The van der Waals surface area contributed by atoms with E-state index >= 15 is 0 Å². The topological polar surface area (TPSA) is 76.1 Å². The van der Waals surface area contributed by atoms with Crippen LogP contribution in [0.2, 0.25) is 0 Å². The SMILES string of the molecule is C=Cc1ccc(COC(=O)[C@H]2C[C@@H](O)CN2C(=O)OC(C)(C)C)cc1. The maximum atomic E-state index is 12.4. The number of rotatable bonds is 4. The van der Waals surface area contributed by atoms with Gasteiger partial charge in [0.25, 0.3) is 0 Å². The molecule has 0 radical (unpaired) electrons. The number of benzene rings is 1. The molecule has 6 heteroatoms. The molecule has 1 aliphatic heterocycles. The van der Waals surface area contributed by atoms with E-state index in [2.05, 4.69) is 6.58 Å². The van der Waals surface area contributed by atoms with Gasteiger partial charge >= 0.3 is 12.1 Å². The second-order valence-corrected chi connectivity index (χ2v) is 7.09. The average molecular weight is 347 g/mol. The molecule has 2 rings (SSSR count). The first-order valence-corrected chi connectivity index (χ1v) is 8.25. The Morgan fingerprint density at radius 1 is 1.32 bits per heavy atom. The van der Waals surface area contributed by atoms with Crippen LogP contribution in [0.25, 0.3) is 6.08 Å². The number of carbonyl (C=O) groups excluding carboxylic acids is 2.